The number of carboxylic acids is 1. The molecule has 2 rings (SSSR count). The molecule has 0 aromatic heterocycles. The number of aliphatic carboxylic acids is 1. The van der Waals surface area contributed by atoms with Crippen LogP contribution in [-0.4, -0.2) is 53.5 Å². The number of hydrogen-bond donors (Lipinski definition) is 4. The van der Waals surface area contributed by atoms with E-state index in [0.29, 0.717) is 5.56 Å². The number of amides is 3. The van der Waals surface area contributed by atoms with Crippen LogP contribution in [0.4, 0.5) is 0 Å². The molecule has 0 heterocycles. The first kappa shape index (κ1) is 26.1. The molecule has 11 nitrogen and oxygen atoms in total. The van der Waals surface area contributed by atoms with Gasteiger partial charge in [0.1, 0.15) is 12.1 Å². The zero-order valence-corrected chi connectivity index (χ0v) is 19.2. The summed E-state index contributed by atoms with van der Waals surface area (Å²) in [6, 6.07) is 9.98. The van der Waals surface area contributed by atoms with Crippen molar-refractivity contribution in [3.63, 3.8) is 0 Å². The summed E-state index contributed by atoms with van der Waals surface area (Å²) in [4.78, 5) is 51.6. The lowest BCUT2D eigenvalue weighted by molar-refractivity contribution is -0.138. The highest BCUT2D eigenvalue weighted by atomic mass is 16.4. The number of benzene rings is 2. The maximum Gasteiger partial charge on any atom is 0.305 e. The van der Waals surface area contributed by atoms with Crippen molar-refractivity contribution in [2.75, 3.05) is 6.54 Å². The average molecular weight is 469 g/mol. The molecule has 0 aliphatic heterocycles. The van der Waals surface area contributed by atoms with Crippen molar-refractivity contribution >= 4 is 34.5 Å². The molecule has 4 N–H and O–H groups in total. The zero-order valence-electron chi connectivity index (χ0n) is 19.2. The van der Waals surface area contributed by atoms with Crippen molar-refractivity contribution in [1.82, 2.24) is 16.0 Å². The molecular weight excluding hydrogens is 440 g/mol. The number of nitrogens with zero attached hydrogens (tertiary/aromatic N) is 3. The summed E-state index contributed by atoms with van der Waals surface area (Å²) in [7, 11) is 0. The van der Waals surface area contributed by atoms with Crippen molar-refractivity contribution < 1.29 is 24.3 Å². The van der Waals surface area contributed by atoms with Crippen molar-refractivity contribution in [2.45, 2.75) is 45.3 Å². The summed E-state index contributed by atoms with van der Waals surface area (Å²) in [5, 5.41) is 21.8. The Morgan fingerprint density at radius 3 is 2.26 bits per heavy atom. The van der Waals surface area contributed by atoms with Crippen LogP contribution in [0.15, 0.2) is 47.6 Å². The fourth-order valence-electron chi connectivity index (χ4n) is 3.29. The molecular formula is C23H28N6O5. The Morgan fingerprint density at radius 1 is 0.971 bits per heavy atom. The number of carbonyl (C=O) groups excluding carboxylic acids is 3. The van der Waals surface area contributed by atoms with E-state index in [9.17, 15) is 19.2 Å². The molecule has 0 aliphatic rings. The van der Waals surface area contributed by atoms with Gasteiger partial charge in [-0.25, -0.2) is 0 Å². The molecule has 2 aromatic carbocycles. The number of fused-ring (bicyclic) bond motifs is 1. The van der Waals surface area contributed by atoms with Crippen LogP contribution in [0.1, 0.15) is 37.6 Å². The third-order valence-corrected chi connectivity index (χ3v) is 5.13. The monoisotopic (exact) mass is 468 g/mol. The average Bonchev–Trinajstić information content (AvgIpc) is 2.79. The van der Waals surface area contributed by atoms with Gasteiger partial charge < -0.3 is 21.1 Å². The molecule has 0 radical (unpaired) electrons. The standard InChI is InChI=1S/C23H28N6O5/c1-13(2)20(28-22(33)17-9-8-15-6-4-5-7-16(15)10-17)23(34)26-14(3)21(32)27-18(11-19(30)31)12-25-29-24/h4-10,13-14,18,20H,11-12H2,1-3H3,(H,26,34)(H,27,32)(H,28,33)(H,30,31)/t14-,18?,20-/m0/s1. The predicted molar refractivity (Wildman–Crippen MR) is 126 cm³/mol. The Labute approximate surface area is 196 Å². The van der Waals surface area contributed by atoms with Crippen molar-refractivity contribution in [3.8, 4) is 0 Å². The minimum atomic E-state index is -1.17. The third kappa shape index (κ3) is 7.49. The number of nitrogens with one attached hydrogen (secondary N) is 3. The number of carboxylic acid groups (broad SMARTS) is 1. The van der Waals surface area contributed by atoms with E-state index < -0.39 is 48.2 Å². The lowest BCUT2D eigenvalue weighted by atomic mass is 10.0. The maximum absolute atomic E-state index is 12.8. The Bertz CT molecular complexity index is 1110. The summed E-state index contributed by atoms with van der Waals surface area (Å²) in [5.74, 6) is -3.07. The van der Waals surface area contributed by atoms with E-state index in [0.717, 1.165) is 10.8 Å². The highest BCUT2D eigenvalue weighted by molar-refractivity contribution is 6.01. The van der Waals surface area contributed by atoms with Crippen LogP contribution in [-0.2, 0) is 14.4 Å². The SMILES string of the molecule is CC(C)[C@H](NC(=O)c1ccc2ccccc2c1)C(=O)N[C@@H](C)C(=O)NC(CN=[N+]=[N-])CC(=O)O. The summed E-state index contributed by atoms with van der Waals surface area (Å²) in [5.41, 5.74) is 8.84. The molecule has 0 fully saturated rings. The first-order valence-corrected chi connectivity index (χ1v) is 10.8. The van der Waals surface area contributed by atoms with Crippen LogP contribution in [0.3, 0.4) is 0 Å². The Morgan fingerprint density at radius 2 is 1.65 bits per heavy atom. The third-order valence-electron chi connectivity index (χ3n) is 5.13. The minimum absolute atomic E-state index is 0.244. The van der Waals surface area contributed by atoms with Gasteiger partial charge in [-0.1, -0.05) is 49.3 Å². The van der Waals surface area contributed by atoms with Gasteiger partial charge in [-0.05, 0) is 41.3 Å². The van der Waals surface area contributed by atoms with Gasteiger partial charge >= 0.3 is 5.97 Å². The molecule has 1 unspecified atom stereocenters. The number of hydrogen-bond acceptors (Lipinski definition) is 5. The van der Waals surface area contributed by atoms with E-state index >= 15 is 0 Å². The highest BCUT2D eigenvalue weighted by Gasteiger charge is 2.28. The lowest BCUT2D eigenvalue weighted by Gasteiger charge is -2.25. The van der Waals surface area contributed by atoms with Crippen LogP contribution in [0, 0.1) is 5.92 Å². The predicted octanol–water partition coefficient (Wildman–Crippen LogP) is 2.37. The smallest absolute Gasteiger partial charge is 0.305 e. The second-order valence-corrected chi connectivity index (χ2v) is 8.20. The number of carbonyl (C=O) groups is 4. The summed E-state index contributed by atoms with van der Waals surface area (Å²) in [6.45, 7) is 4.71. The van der Waals surface area contributed by atoms with Crippen LogP contribution in [0.25, 0.3) is 21.2 Å². The topological polar surface area (TPSA) is 173 Å². The number of rotatable bonds is 11. The van der Waals surface area contributed by atoms with Crippen LogP contribution < -0.4 is 16.0 Å². The van der Waals surface area contributed by atoms with Gasteiger partial charge in [-0.15, -0.1) is 0 Å². The fraction of sp³-hybridized carbons (Fsp3) is 0.391. The Kier molecular flexibility index (Phi) is 9.39. The Hall–Kier alpha value is -4.11. The highest BCUT2D eigenvalue weighted by Crippen LogP contribution is 2.16. The van der Waals surface area contributed by atoms with E-state index in [4.69, 9.17) is 10.6 Å². The van der Waals surface area contributed by atoms with Crippen LogP contribution in [0.5, 0.6) is 0 Å². The molecule has 0 bridgehead atoms. The van der Waals surface area contributed by atoms with E-state index in [1.165, 1.54) is 6.92 Å². The molecule has 11 heteroatoms. The van der Waals surface area contributed by atoms with Crippen molar-refractivity contribution in [3.05, 3.63) is 58.5 Å². The van der Waals surface area contributed by atoms with Gasteiger partial charge in [0.15, 0.2) is 0 Å². The second-order valence-electron chi connectivity index (χ2n) is 8.20. The van der Waals surface area contributed by atoms with Crippen LogP contribution >= 0.6 is 0 Å². The van der Waals surface area contributed by atoms with Gasteiger partial charge in [-0.3, -0.25) is 19.2 Å². The second kappa shape index (κ2) is 12.2. The molecule has 0 aliphatic carbocycles. The largest absolute Gasteiger partial charge is 0.481 e. The molecule has 3 amide bonds. The van der Waals surface area contributed by atoms with Crippen LogP contribution in [0.2, 0.25) is 0 Å². The molecule has 180 valence electrons. The lowest BCUT2D eigenvalue weighted by Crippen LogP contribution is -2.55. The summed E-state index contributed by atoms with van der Waals surface area (Å²) in [6.07, 6.45) is -0.443. The van der Waals surface area contributed by atoms with Gasteiger partial charge in [0, 0.05) is 23.1 Å². The number of azide groups is 1. The van der Waals surface area contributed by atoms with Gasteiger partial charge in [0.25, 0.3) is 5.91 Å². The van der Waals surface area contributed by atoms with E-state index in [1.807, 2.05) is 30.3 Å². The van der Waals surface area contributed by atoms with E-state index in [1.54, 1.807) is 26.0 Å². The first-order valence-electron chi connectivity index (χ1n) is 10.8. The van der Waals surface area contributed by atoms with E-state index in [-0.39, 0.29) is 12.5 Å². The van der Waals surface area contributed by atoms with Crippen molar-refractivity contribution in [1.29, 1.82) is 0 Å². The zero-order chi connectivity index (χ0) is 25.3. The summed E-state index contributed by atoms with van der Waals surface area (Å²) < 4.78 is 0. The van der Waals surface area contributed by atoms with Gasteiger partial charge in [-0.2, -0.15) is 0 Å². The fourth-order valence-corrected chi connectivity index (χ4v) is 3.29. The minimum Gasteiger partial charge on any atom is -0.481 e. The molecule has 0 saturated heterocycles. The van der Waals surface area contributed by atoms with Crippen molar-refractivity contribution in [2.24, 2.45) is 11.0 Å². The summed E-state index contributed by atoms with van der Waals surface area (Å²) >= 11 is 0. The van der Waals surface area contributed by atoms with Gasteiger partial charge in [0.05, 0.1) is 6.42 Å². The first-order chi connectivity index (χ1) is 16.1. The van der Waals surface area contributed by atoms with E-state index in [2.05, 4.69) is 26.0 Å². The Balaban J connectivity index is 2.04. The quantitative estimate of drug-likeness (QED) is 0.225. The molecule has 0 saturated carbocycles. The van der Waals surface area contributed by atoms with Gasteiger partial charge in [0.2, 0.25) is 11.8 Å². The molecule has 3 atom stereocenters. The molecule has 0 spiro atoms. The molecule has 2 aromatic rings. The normalized spacial score (nSPS) is 13.3. The maximum atomic E-state index is 12.8. The molecule has 34 heavy (non-hydrogen) atoms.